The monoisotopic (exact) mass is 478 g/mol. The number of benzene rings is 2. The second-order valence-electron chi connectivity index (χ2n) is 7.97. The first-order chi connectivity index (χ1) is 16.6. The van der Waals surface area contributed by atoms with Crippen LogP contribution in [0.5, 0.6) is 0 Å². The first-order valence-corrected chi connectivity index (χ1v) is 11.9. The number of carbonyl (C=O) groups is 1. The average molecular weight is 479 g/mol. The minimum absolute atomic E-state index is 0.0178. The highest BCUT2D eigenvalue weighted by Gasteiger charge is 2.23. The Kier molecular flexibility index (Phi) is 6.06. The highest BCUT2D eigenvalue weighted by molar-refractivity contribution is 7.99. The summed E-state index contributed by atoms with van der Waals surface area (Å²) in [6.45, 7) is 6.62. The molecule has 8 nitrogen and oxygen atoms in total. The van der Waals surface area contributed by atoms with Gasteiger partial charge in [-0.1, -0.05) is 30.0 Å². The van der Waals surface area contributed by atoms with Crippen LogP contribution in [0.15, 0.2) is 71.1 Å². The summed E-state index contributed by atoms with van der Waals surface area (Å²) in [7, 11) is 0. The molecule has 0 atom stereocenters. The van der Waals surface area contributed by atoms with Crippen molar-refractivity contribution >= 4 is 40.0 Å². The quantitative estimate of drug-likeness (QED) is 0.313. The number of para-hydroxylation sites is 1. The predicted octanol–water partition coefficient (Wildman–Crippen LogP) is 2.81. The van der Waals surface area contributed by atoms with Gasteiger partial charge in [0.2, 0.25) is 11.7 Å². The number of hydrogen-bond acceptors (Lipinski definition) is 6. The second-order valence-corrected chi connectivity index (χ2v) is 8.91. The SMILES string of the molecule is C=CCn1c(=O)c2ccccc2n2c(SCC(=O)N3CCN(c4ccc(F)cc4)CC3)nnc12. The fraction of sp³-hybridized carbons (Fsp3) is 0.250. The number of fused-ring (bicyclic) bond motifs is 3. The number of carbonyl (C=O) groups excluding carboxylic acids is 1. The molecule has 3 heterocycles. The van der Waals surface area contributed by atoms with Crippen LogP contribution in [0.25, 0.3) is 16.7 Å². The maximum absolute atomic E-state index is 13.2. The van der Waals surface area contributed by atoms with Crippen molar-refractivity contribution in [2.45, 2.75) is 11.7 Å². The Labute approximate surface area is 199 Å². The molecule has 0 saturated carbocycles. The largest absolute Gasteiger partial charge is 0.368 e. The maximum Gasteiger partial charge on any atom is 0.263 e. The fourth-order valence-electron chi connectivity index (χ4n) is 4.20. The highest BCUT2D eigenvalue weighted by Crippen LogP contribution is 2.23. The third-order valence-electron chi connectivity index (χ3n) is 5.94. The van der Waals surface area contributed by atoms with Crippen molar-refractivity contribution in [3.63, 3.8) is 0 Å². The Morgan fingerprint density at radius 1 is 1.06 bits per heavy atom. The van der Waals surface area contributed by atoms with Gasteiger partial charge in [-0.15, -0.1) is 16.8 Å². The first-order valence-electron chi connectivity index (χ1n) is 11.0. The summed E-state index contributed by atoms with van der Waals surface area (Å²) in [4.78, 5) is 29.8. The number of anilines is 1. The van der Waals surface area contributed by atoms with E-state index >= 15 is 0 Å². The molecule has 1 saturated heterocycles. The standard InChI is InChI=1S/C24H23FN6O2S/c1-2-11-30-22(33)19-5-3-4-6-20(19)31-23(30)26-27-24(31)34-16-21(32)29-14-12-28(13-15-29)18-9-7-17(25)8-10-18/h2-10H,1,11-16H2. The fourth-order valence-corrected chi connectivity index (χ4v) is 5.05. The molecular formula is C24H23FN6O2S. The summed E-state index contributed by atoms with van der Waals surface area (Å²) >= 11 is 1.31. The van der Waals surface area contributed by atoms with Crippen LogP contribution in [0.2, 0.25) is 0 Å². The number of halogens is 1. The average Bonchev–Trinajstić information content (AvgIpc) is 3.30. The van der Waals surface area contributed by atoms with Gasteiger partial charge in [0.05, 0.1) is 16.7 Å². The van der Waals surface area contributed by atoms with Crippen molar-refractivity contribution in [2.24, 2.45) is 0 Å². The third kappa shape index (κ3) is 4.05. The van der Waals surface area contributed by atoms with Gasteiger partial charge >= 0.3 is 0 Å². The molecule has 1 aliphatic rings. The minimum Gasteiger partial charge on any atom is -0.368 e. The van der Waals surface area contributed by atoms with Gasteiger partial charge in [0.1, 0.15) is 5.82 Å². The van der Waals surface area contributed by atoms with E-state index in [2.05, 4.69) is 21.7 Å². The Morgan fingerprint density at radius 2 is 1.79 bits per heavy atom. The molecule has 10 heteroatoms. The lowest BCUT2D eigenvalue weighted by molar-refractivity contribution is -0.128. The number of thioether (sulfide) groups is 1. The Hall–Kier alpha value is -3.66. The van der Waals surface area contributed by atoms with E-state index < -0.39 is 0 Å². The molecule has 5 rings (SSSR count). The molecule has 0 N–H and O–H groups in total. The molecular weight excluding hydrogens is 455 g/mol. The Bertz CT molecular complexity index is 1420. The Morgan fingerprint density at radius 3 is 2.53 bits per heavy atom. The van der Waals surface area contributed by atoms with Crippen molar-refractivity contribution in [2.75, 3.05) is 36.8 Å². The molecule has 0 spiro atoms. The van der Waals surface area contributed by atoms with Crippen molar-refractivity contribution < 1.29 is 9.18 Å². The second kappa shape index (κ2) is 9.30. The summed E-state index contributed by atoms with van der Waals surface area (Å²) in [5.41, 5.74) is 1.51. The van der Waals surface area contributed by atoms with Crippen LogP contribution in [0.1, 0.15) is 0 Å². The van der Waals surface area contributed by atoms with Gasteiger partial charge < -0.3 is 9.80 Å². The number of nitrogens with zero attached hydrogens (tertiary/aromatic N) is 6. The molecule has 0 bridgehead atoms. The van der Waals surface area contributed by atoms with Crippen molar-refractivity contribution in [1.29, 1.82) is 0 Å². The van der Waals surface area contributed by atoms with E-state index in [-0.39, 0.29) is 23.0 Å². The normalized spacial score (nSPS) is 14.1. The number of rotatable bonds is 6. The van der Waals surface area contributed by atoms with Crippen LogP contribution >= 0.6 is 11.8 Å². The van der Waals surface area contributed by atoms with Crippen molar-refractivity contribution in [3.8, 4) is 0 Å². The van der Waals surface area contributed by atoms with E-state index in [0.717, 1.165) is 5.69 Å². The number of allylic oxidation sites excluding steroid dienone is 1. The third-order valence-corrected chi connectivity index (χ3v) is 6.85. The van der Waals surface area contributed by atoms with Crippen LogP contribution in [0, 0.1) is 5.82 Å². The summed E-state index contributed by atoms with van der Waals surface area (Å²) in [6, 6.07) is 13.7. The predicted molar refractivity (Wildman–Crippen MR) is 131 cm³/mol. The molecule has 0 unspecified atom stereocenters. The lowest BCUT2D eigenvalue weighted by Crippen LogP contribution is -2.49. The topological polar surface area (TPSA) is 75.7 Å². The van der Waals surface area contributed by atoms with Crippen LogP contribution in [0.4, 0.5) is 10.1 Å². The highest BCUT2D eigenvalue weighted by atomic mass is 32.2. The van der Waals surface area contributed by atoms with Crippen LogP contribution in [-0.2, 0) is 11.3 Å². The summed E-state index contributed by atoms with van der Waals surface area (Å²) < 4.78 is 16.5. The molecule has 0 aliphatic carbocycles. The van der Waals surface area contributed by atoms with E-state index in [1.54, 1.807) is 24.3 Å². The molecule has 1 amide bonds. The number of aromatic nitrogens is 4. The minimum atomic E-state index is -0.259. The zero-order valence-corrected chi connectivity index (χ0v) is 19.2. The molecule has 4 aromatic rings. The molecule has 0 radical (unpaired) electrons. The lowest BCUT2D eigenvalue weighted by Gasteiger charge is -2.36. The number of hydrogen-bond donors (Lipinski definition) is 0. The summed E-state index contributed by atoms with van der Waals surface area (Å²) in [5.74, 6) is 0.396. The maximum atomic E-state index is 13.2. The van der Waals surface area contributed by atoms with Gasteiger partial charge in [0.25, 0.3) is 5.56 Å². The van der Waals surface area contributed by atoms with Crippen molar-refractivity contribution in [3.05, 3.63) is 77.4 Å². The molecule has 1 aliphatic heterocycles. The van der Waals surface area contributed by atoms with Gasteiger partial charge in [0.15, 0.2) is 5.16 Å². The first kappa shape index (κ1) is 22.1. The lowest BCUT2D eigenvalue weighted by atomic mass is 10.2. The van der Waals surface area contributed by atoms with Gasteiger partial charge in [0, 0.05) is 38.4 Å². The molecule has 2 aromatic heterocycles. The molecule has 34 heavy (non-hydrogen) atoms. The number of amides is 1. The zero-order valence-electron chi connectivity index (χ0n) is 18.4. The van der Waals surface area contributed by atoms with E-state index in [4.69, 9.17) is 0 Å². The van der Waals surface area contributed by atoms with Gasteiger partial charge in [-0.25, -0.2) is 4.39 Å². The molecule has 174 valence electrons. The van der Waals surface area contributed by atoms with E-state index in [0.29, 0.717) is 54.6 Å². The van der Waals surface area contributed by atoms with Crippen LogP contribution in [0.3, 0.4) is 0 Å². The van der Waals surface area contributed by atoms with Crippen LogP contribution in [-0.4, -0.2) is 61.9 Å². The summed E-state index contributed by atoms with van der Waals surface area (Å²) in [6.07, 6.45) is 1.65. The molecule has 2 aromatic carbocycles. The van der Waals surface area contributed by atoms with Crippen molar-refractivity contribution in [1.82, 2.24) is 24.1 Å². The van der Waals surface area contributed by atoms with Gasteiger partial charge in [-0.3, -0.25) is 18.6 Å². The zero-order chi connectivity index (χ0) is 23.7. The van der Waals surface area contributed by atoms with Gasteiger partial charge in [-0.2, -0.15) is 0 Å². The van der Waals surface area contributed by atoms with E-state index in [9.17, 15) is 14.0 Å². The van der Waals surface area contributed by atoms with Gasteiger partial charge in [-0.05, 0) is 36.4 Å². The Balaban J connectivity index is 1.32. The van der Waals surface area contributed by atoms with E-state index in [1.807, 2.05) is 27.5 Å². The number of piperazine rings is 1. The van der Waals surface area contributed by atoms with Crippen LogP contribution < -0.4 is 10.5 Å². The summed E-state index contributed by atoms with van der Waals surface area (Å²) in [5, 5.41) is 9.63. The molecule has 1 fully saturated rings. The smallest absolute Gasteiger partial charge is 0.263 e. The van der Waals surface area contributed by atoms with E-state index in [1.165, 1.54) is 28.5 Å².